The minimum Gasteiger partial charge on any atom is -0.458 e. The zero-order valence-corrected chi connectivity index (χ0v) is 56.7. The van der Waals surface area contributed by atoms with Gasteiger partial charge in [-0.1, -0.05) is 194 Å². The van der Waals surface area contributed by atoms with Crippen LogP contribution < -0.4 is 62.0 Å². The predicted molar refractivity (Wildman–Crippen MR) is 434 cm³/mol. The highest BCUT2D eigenvalue weighted by Gasteiger charge is 2.49. The van der Waals surface area contributed by atoms with E-state index in [4.69, 9.17) is 4.74 Å². The van der Waals surface area contributed by atoms with Crippen LogP contribution in [0.25, 0.3) is 60.5 Å². The van der Waals surface area contributed by atoms with Gasteiger partial charge in [0.15, 0.2) is 0 Å². The van der Waals surface area contributed by atoms with Gasteiger partial charge in [0.25, 0.3) is 13.4 Å². The maximum Gasteiger partial charge on any atom is 0.256 e. The molecule has 4 aliphatic rings. The minimum atomic E-state index is -0.226. The van der Waals surface area contributed by atoms with Gasteiger partial charge in [0.1, 0.15) is 11.5 Å². The van der Waals surface area contributed by atoms with Gasteiger partial charge in [-0.25, -0.2) is 0 Å². The number of anilines is 15. The van der Waals surface area contributed by atoms with Gasteiger partial charge in [-0.2, -0.15) is 0 Å². The maximum atomic E-state index is 7.47. The Hall–Kier alpha value is -12.1. The SMILES string of the molecule is c1ccc(N(c2ccccc2)c2cc3c4c(c2)N(c2cccc5sc6ccccc6c25)c2cc5c(cc2B4c2ccccc2N3c2cccc3sc4ccccc4c23)B2c3ccccc3Oc3cc(N(c4ccccc4)c4cccc6c4sc4ccccc46)cc(c32)N5c2ccccc2)cc1. The predicted octanol–water partition coefficient (Wildman–Crippen LogP) is 22.2. The number of para-hydroxylation sites is 6. The molecule has 7 heterocycles. The Morgan fingerprint density at radius 3 is 1.34 bits per heavy atom. The molecule has 0 unspecified atom stereocenters. The maximum absolute atomic E-state index is 7.47. The molecule has 0 bridgehead atoms. The Labute approximate surface area is 596 Å². The van der Waals surface area contributed by atoms with Crippen LogP contribution in [0.3, 0.4) is 0 Å². The zero-order chi connectivity index (χ0) is 66.0. The van der Waals surface area contributed by atoms with Crippen LogP contribution in [0, 0.1) is 0 Å². The van der Waals surface area contributed by atoms with Crippen LogP contribution in [-0.4, -0.2) is 13.4 Å². The van der Waals surface area contributed by atoms with E-state index in [-0.39, 0.29) is 13.4 Å². The topological polar surface area (TPSA) is 25.4 Å². The van der Waals surface area contributed by atoms with Crippen molar-refractivity contribution < 1.29 is 4.74 Å². The van der Waals surface area contributed by atoms with Crippen LogP contribution in [0.2, 0.25) is 0 Å². The van der Waals surface area contributed by atoms with Crippen LogP contribution in [0.15, 0.2) is 334 Å². The molecule has 470 valence electrons. The van der Waals surface area contributed by atoms with E-state index in [2.05, 4.69) is 358 Å². The third-order valence-corrected chi connectivity index (χ3v) is 24.7. The van der Waals surface area contributed by atoms with Crippen molar-refractivity contribution >= 4 is 226 Å². The fourth-order valence-electron chi connectivity index (χ4n) is 17.1. The van der Waals surface area contributed by atoms with Crippen LogP contribution in [-0.2, 0) is 0 Å². The summed E-state index contributed by atoms with van der Waals surface area (Å²) in [7, 11) is 0. The first-order valence-corrected chi connectivity index (χ1v) is 36.9. The Morgan fingerprint density at radius 1 is 0.257 bits per heavy atom. The van der Waals surface area contributed by atoms with Gasteiger partial charge < -0.3 is 29.2 Å². The molecule has 4 aliphatic heterocycles. The van der Waals surface area contributed by atoms with Crippen molar-refractivity contribution in [2.75, 3.05) is 24.5 Å². The van der Waals surface area contributed by atoms with Gasteiger partial charge in [0.05, 0.1) is 33.1 Å². The third kappa shape index (κ3) is 8.46. The molecule has 0 saturated heterocycles. The zero-order valence-electron chi connectivity index (χ0n) is 54.3. The lowest BCUT2D eigenvalue weighted by Crippen LogP contribution is -2.64. The van der Waals surface area contributed by atoms with E-state index >= 15 is 0 Å². The van der Waals surface area contributed by atoms with Crippen molar-refractivity contribution in [3.63, 3.8) is 0 Å². The Morgan fingerprint density at radius 2 is 0.703 bits per heavy atom. The molecule has 3 aromatic heterocycles. The largest absolute Gasteiger partial charge is 0.458 e. The molecule has 11 heteroatoms. The standard InChI is InChI=1S/C90H55B2N5OS3/c1-5-26-56(27-6-1)93(57-28-7-2-8-29-57)60-50-76-88-77(51-60)97(72-42-25-49-85-87(72)65-36-15-22-47-83(65)100-85)75-55-74-68(54-69(75)91(88)66-38-16-18-40-70(66)96(76)71-41-24-48-84-86(71)64-35-14-21-46-82(64)99-84)92-67-39-17-19-44-79(67)98-80-53-61(52-78(89(80)92)95(74)59-32-11-4-12-33-59)94(58-30-9-3-10-31-58)73-43-23-37-63-62-34-13-20-45-81(62)101-90(63)73/h1-55H. The van der Waals surface area contributed by atoms with Gasteiger partial charge in [0, 0.05) is 119 Å². The monoisotopic (exact) mass is 1340 g/mol. The Bertz CT molecular complexity index is 6420. The van der Waals surface area contributed by atoms with E-state index in [1.807, 2.05) is 34.0 Å². The van der Waals surface area contributed by atoms with E-state index in [0.717, 1.165) is 108 Å². The van der Waals surface area contributed by atoms with Crippen molar-refractivity contribution in [3.8, 4) is 11.5 Å². The summed E-state index contributed by atoms with van der Waals surface area (Å²) in [5.74, 6) is 1.69. The van der Waals surface area contributed by atoms with E-state index in [9.17, 15) is 0 Å². The van der Waals surface area contributed by atoms with Crippen molar-refractivity contribution in [2.24, 2.45) is 0 Å². The molecule has 6 nitrogen and oxygen atoms in total. The molecule has 22 rings (SSSR count). The van der Waals surface area contributed by atoms with Crippen LogP contribution >= 0.6 is 34.0 Å². The molecular formula is C90H55B2N5OS3. The smallest absolute Gasteiger partial charge is 0.256 e. The summed E-state index contributed by atoms with van der Waals surface area (Å²) in [5, 5.41) is 7.47. The van der Waals surface area contributed by atoms with Gasteiger partial charge in [-0.3, -0.25) is 0 Å². The highest BCUT2D eigenvalue weighted by molar-refractivity contribution is 7.27. The van der Waals surface area contributed by atoms with Gasteiger partial charge in [-0.15, -0.1) is 34.0 Å². The summed E-state index contributed by atoms with van der Waals surface area (Å²) in [5.41, 5.74) is 23.6. The number of rotatable bonds is 9. The van der Waals surface area contributed by atoms with E-state index in [1.165, 1.54) is 82.4 Å². The first-order valence-electron chi connectivity index (χ1n) is 34.4. The molecule has 0 spiro atoms. The minimum absolute atomic E-state index is 0.221. The molecule has 101 heavy (non-hydrogen) atoms. The molecule has 0 radical (unpaired) electrons. The average molecular weight is 1340 g/mol. The molecule has 0 amide bonds. The summed E-state index contributed by atoms with van der Waals surface area (Å²) < 4.78 is 15.0. The van der Waals surface area contributed by atoms with Crippen LogP contribution in [0.5, 0.6) is 11.5 Å². The van der Waals surface area contributed by atoms with Crippen molar-refractivity contribution in [3.05, 3.63) is 334 Å². The summed E-state index contributed by atoms with van der Waals surface area (Å²) in [6.45, 7) is -0.446. The van der Waals surface area contributed by atoms with Gasteiger partial charge in [-0.05, 0) is 166 Å². The van der Waals surface area contributed by atoms with Crippen molar-refractivity contribution in [1.29, 1.82) is 0 Å². The van der Waals surface area contributed by atoms with E-state index in [1.54, 1.807) is 0 Å². The summed E-state index contributed by atoms with van der Waals surface area (Å²) >= 11 is 5.59. The third-order valence-electron chi connectivity index (χ3n) is 21.2. The number of nitrogens with zero attached hydrogens (tertiary/aromatic N) is 5. The second-order valence-electron chi connectivity index (χ2n) is 26.6. The Balaban J connectivity index is 0.871. The van der Waals surface area contributed by atoms with Gasteiger partial charge >= 0.3 is 0 Å². The fourth-order valence-corrected chi connectivity index (χ4v) is 20.6. The first kappa shape index (κ1) is 56.9. The Kier molecular flexibility index (Phi) is 12.5. The molecule has 0 aliphatic carbocycles. The van der Waals surface area contributed by atoms with Crippen molar-refractivity contribution in [1.82, 2.24) is 0 Å². The lowest BCUT2D eigenvalue weighted by Gasteiger charge is -2.47. The lowest BCUT2D eigenvalue weighted by atomic mass is 9.30. The number of hydrogen-bond donors (Lipinski definition) is 0. The molecule has 15 aromatic carbocycles. The lowest BCUT2D eigenvalue weighted by molar-refractivity contribution is 0.487. The quantitative estimate of drug-likeness (QED) is 0.134. The molecule has 0 saturated carbocycles. The number of fused-ring (bicyclic) bond motifs is 17. The summed E-state index contributed by atoms with van der Waals surface area (Å²) in [4.78, 5) is 12.8. The normalized spacial score (nSPS) is 13.1. The van der Waals surface area contributed by atoms with E-state index < -0.39 is 0 Å². The second-order valence-corrected chi connectivity index (χ2v) is 29.8. The van der Waals surface area contributed by atoms with Gasteiger partial charge in [0.2, 0.25) is 0 Å². The highest BCUT2D eigenvalue weighted by Crippen LogP contribution is 2.55. The fraction of sp³-hybridized carbons (Fsp3) is 0. The van der Waals surface area contributed by atoms with Crippen LogP contribution in [0.1, 0.15) is 0 Å². The first-order chi connectivity index (χ1) is 50.1. The molecule has 18 aromatic rings. The number of benzene rings is 15. The molecule has 0 N–H and O–H groups in total. The van der Waals surface area contributed by atoms with Crippen molar-refractivity contribution in [2.45, 2.75) is 0 Å². The second kappa shape index (κ2) is 22.2. The molecular weight excluding hydrogens is 1280 g/mol. The van der Waals surface area contributed by atoms with E-state index in [0.29, 0.717) is 0 Å². The van der Waals surface area contributed by atoms with Crippen LogP contribution in [0.4, 0.5) is 85.3 Å². The summed E-state index contributed by atoms with van der Waals surface area (Å²) in [6.07, 6.45) is 0. The average Bonchev–Trinajstić information content (AvgIpc) is 1.19. The highest BCUT2D eigenvalue weighted by atomic mass is 32.1. The molecule has 0 fully saturated rings. The molecule has 0 atom stereocenters. The number of ether oxygens (including phenoxy) is 1. The summed E-state index contributed by atoms with van der Waals surface area (Å²) in [6, 6.07) is 124. The number of thiophene rings is 3. The number of hydrogen-bond acceptors (Lipinski definition) is 9.